The van der Waals surface area contributed by atoms with Gasteiger partial charge in [0.15, 0.2) is 5.78 Å². The molecule has 0 N–H and O–H groups in total. The number of allylic oxidation sites excluding steroid dienone is 2. The molecule has 1 aliphatic heterocycles. The van der Waals surface area contributed by atoms with Gasteiger partial charge in [-0.3, -0.25) is 9.59 Å². The van der Waals surface area contributed by atoms with Crippen LogP contribution in [-0.2, 0) is 14.3 Å². The zero-order valence-electron chi connectivity index (χ0n) is 7.79. The molecule has 1 rings (SSSR count). The van der Waals surface area contributed by atoms with Gasteiger partial charge in [0.1, 0.15) is 6.42 Å². The molecule has 1 heterocycles. The fraction of sp³-hybridized carbons (Fsp3) is 0.600. The zero-order valence-corrected chi connectivity index (χ0v) is 7.79. The van der Waals surface area contributed by atoms with Gasteiger partial charge in [0.25, 0.3) is 0 Å². The maximum atomic E-state index is 11.0. The fourth-order valence-corrected chi connectivity index (χ4v) is 1.26. The van der Waals surface area contributed by atoms with Crippen molar-refractivity contribution >= 4 is 11.8 Å². The second-order valence-electron chi connectivity index (χ2n) is 3.28. The summed E-state index contributed by atoms with van der Waals surface area (Å²) in [4.78, 5) is 22.1. The molecule has 0 saturated heterocycles. The molecule has 0 aromatic heterocycles. The van der Waals surface area contributed by atoms with Crippen molar-refractivity contribution in [3.05, 3.63) is 12.2 Å². The van der Waals surface area contributed by atoms with E-state index in [0.29, 0.717) is 0 Å². The van der Waals surface area contributed by atoms with Crippen LogP contribution in [0.2, 0.25) is 0 Å². The molecule has 72 valence electrons. The quantitative estimate of drug-likeness (QED) is 0.422. The number of hydrogen-bond donors (Lipinski definition) is 0. The number of esters is 1. The lowest BCUT2D eigenvalue weighted by Crippen LogP contribution is -2.17. The van der Waals surface area contributed by atoms with Crippen molar-refractivity contribution < 1.29 is 14.3 Å². The Morgan fingerprint density at radius 3 is 3.00 bits per heavy atom. The number of ether oxygens (including phenoxy) is 1. The van der Waals surface area contributed by atoms with Gasteiger partial charge in [-0.25, -0.2) is 0 Å². The number of carbonyl (C=O) groups is 2. The van der Waals surface area contributed by atoms with E-state index >= 15 is 0 Å². The van der Waals surface area contributed by atoms with Crippen molar-refractivity contribution in [2.24, 2.45) is 0 Å². The van der Waals surface area contributed by atoms with Gasteiger partial charge in [-0.05, 0) is 32.3 Å². The van der Waals surface area contributed by atoms with Gasteiger partial charge in [0.2, 0.25) is 0 Å². The highest BCUT2D eigenvalue weighted by Crippen LogP contribution is 2.08. The Morgan fingerprint density at radius 2 is 2.23 bits per heavy atom. The molecule has 0 amide bonds. The molecule has 0 aliphatic carbocycles. The van der Waals surface area contributed by atoms with Crippen LogP contribution in [0.15, 0.2) is 12.2 Å². The zero-order chi connectivity index (χ0) is 9.68. The smallest absolute Gasteiger partial charge is 0.313 e. The van der Waals surface area contributed by atoms with Crippen LogP contribution in [0.1, 0.15) is 32.6 Å². The number of rotatable bonds is 0. The average molecular weight is 182 g/mol. The van der Waals surface area contributed by atoms with Gasteiger partial charge in [-0.1, -0.05) is 6.08 Å². The summed E-state index contributed by atoms with van der Waals surface area (Å²) in [7, 11) is 0. The Kier molecular flexibility index (Phi) is 3.68. The van der Waals surface area contributed by atoms with Gasteiger partial charge >= 0.3 is 5.97 Å². The SMILES string of the molecule is C[C@H]1CCC/C=C/C(=O)CC(=O)O1. The Hall–Kier alpha value is -1.12. The summed E-state index contributed by atoms with van der Waals surface area (Å²) in [6.45, 7) is 1.85. The normalized spacial score (nSPS) is 27.9. The monoisotopic (exact) mass is 182 g/mol. The maximum absolute atomic E-state index is 11.0. The topological polar surface area (TPSA) is 43.4 Å². The van der Waals surface area contributed by atoms with E-state index in [1.165, 1.54) is 6.08 Å². The van der Waals surface area contributed by atoms with Crippen molar-refractivity contribution in [2.45, 2.75) is 38.7 Å². The number of ketones is 1. The summed E-state index contributed by atoms with van der Waals surface area (Å²) in [6.07, 6.45) is 5.81. The molecular formula is C10H14O3. The lowest BCUT2D eigenvalue weighted by Gasteiger charge is -2.12. The Balaban J connectivity index is 2.56. The Bertz CT molecular complexity index is 230. The van der Waals surface area contributed by atoms with Crippen LogP contribution in [0, 0.1) is 0 Å². The number of cyclic esters (lactones) is 1. The predicted molar refractivity (Wildman–Crippen MR) is 48.2 cm³/mol. The lowest BCUT2D eigenvalue weighted by molar-refractivity contribution is -0.149. The van der Waals surface area contributed by atoms with Gasteiger partial charge in [0.05, 0.1) is 6.10 Å². The van der Waals surface area contributed by atoms with E-state index in [4.69, 9.17) is 4.74 Å². The molecule has 1 aliphatic rings. The van der Waals surface area contributed by atoms with E-state index < -0.39 is 5.97 Å². The van der Waals surface area contributed by atoms with E-state index in [-0.39, 0.29) is 18.3 Å². The summed E-state index contributed by atoms with van der Waals surface area (Å²) >= 11 is 0. The molecule has 0 bridgehead atoms. The van der Waals surface area contributed by atoms with E-state index in [2.05, 4.69) is 0 Å². The van der Waals surface area contributed by atoms with Gasteiger partial charge in [-0.15, -0.1) is 0 Å². The van der Waals surface area contributed by atoms with Gasteiger partial charge < -0.3 is 4.74 Å². The third-order valence-electron chi connectivity index (χ3n) is 1.94. The molecule has 0 aromatic rings. The highest BCUT2D eigenvalue weighted by Gasteiger charge is 2.13. The summed E-state index contributed by atoms with van der Waals surface area (Å²) in [5, 5.41) is 0. The van der Waals surface area contributed by atoms with E-state index in [0.717, 1.165) is 19.3 Å². The second-order valence-corrected chi connectivity index (χ2v) is 3.28. The first-order chi connectivity index (χ1) is 6.18. The summed E-state index contributed by atoms with van der Waals surface area (Å²) in [6, 6.07) is 0. The minimum Gasteiger partial charge on any atom is -0.462 e. The molecule has 0 aromatic carbocycles. The lowest BCUT2D eigenvalue weighted by atomic mass is 10.1. The molecule has 3 heteroatoms. The summed E-state index contributed by atoms with van der Waals surface area (Å²) in [5.74, 6) is -0.580. The van der Waals surface area contributed by atoms with E-state index in [1.54, 1.807) is 0 Å². The van der Waals surface area contributed by atoms with E-state index in [9.17, 15) is 9.59 Å². The Labute approximate surface area is 77.8 Å². The molecule has 0 fully saturated rings. The summed E-state index contributed by atoms with van der Waals surface area (Å²) in [5.41, 5.74) is 0. The first kappa shape index (κ1) is 9.96. The van der Waals surface area contributed by atoms with Crippen LogP contribution >= 0.6 is 0 Å². The fourth-order valence-electron chi connectivity index (χ4n) is 1.26. The largest absolute Gasteiger partial charge is 0.462 e. The van der Waals surface area contributed by atoms with Crippen LogP contribution in [0.25, 0.3) is 0 Å². The van der Waals surface area contributed by atoms with Crippen LogP contribution in [0.3, 0.4) is 0 Å². The first-order valence-corrected chi connectivity index (χ1v) is 4.57. The minimum atomic E-state index is -0.413. The highest BCUT2D eigenvalue weighted by atomic mass is 16.5. The van der Waals surface area contributed by atoms with Crippen LogP contribution < -0.4 is 0 Å². The highest BCUT2D eigenvalue weighted by molar-refractivity contribution is 6.01. The molecule has 3 nitrogen and oxygen atoms in total. The van der Waals surface area contributed by atoms with Crippen molar-refractivity contribution in [1.29, 1.82) is 0 Å². The minimum absolute atomic E-state index is 0.0631. The molecular weight excluding hydrogens is 168 g/mol. The molecule has 13 heavy (non-hydrogen) atoms. The van der Waals surface area contributed by atoms with Gasteiger partial charge in [0, 0.05) is 0 Å². The first-order valence-electron chi connectivity index (χ1n) is 4.57. The van der Waals surface area contributed by atoms with E-state index in [1.807, 2.05) is 13.0 Å². The molecule has 1 atom stereocenters. The van der Waals surface area contributed by atoms with Crippen molar-refractivity contribution in [1.82, 2.24) is 0 Å². The third kappa shape index (κ3) is 3.87. The standard InChI is InChI=1S/C10H14O3/c1-8-5-3-2-4-6-9(11)7-10(12)13-8/h4,6,8H,2-3,5,7H2,1H3/b6-4+/t8-/m0/s1. The van der Waals surface area contributed by atoms with Crippen LogP contribution in [0.5, 0.6) is 0 Å². The number of carbonyl (C=O) groups excluding carboxylic acids is 2. The maximum Gasteiger partial charge on any atom is 0.313 e. The number of hydrogen-bond acceptors (Lipinski definition) is 3. The van der Waals surface area contributed by atoms with Crippen LogP contribution in [0.4, 0.5) is 0 Å². The van der Waals surface area contributed by atoms with Crippen molar-refractivity contribution in [3.8, 4) is 0 Å². The predicted octanol–water partition coefficient (Wildman–Crippen LogP) is 1.62. The molecule has 0 saturated carbocycles. The molecule has 0 unspecified atom stereocenters. The second kappa shape index (κ2) is 4.80. The van der Waals surface area contributed by atoms with Gasteiger partial charge in [-0.2, -0.15) is 0 Å². The third-order valence-corrected chi connectivity index (χ3v) is 1.94. The van der Waals surface area contributed by atoms with Crippen molar-refractivity contribution in [2.75, 3.05) is 0 Å². The van der Waals surface area contributed by atoms with Crippen LogP contribution in [-0.4, -0.2) is 17.9 Å². The average Bonchev–Trinajstić information content (AvgIpc) is 2.02. The molecule has 0 radical (unpaired) electrons. The van der Waals surface area contributed by atoms with Crippen molar-refractivity contribution in [3.63, 3.8) is 0 Å². The molecule has 0 spiro atoms. The Morgan fingerprint density at radius 1 is 1.46 bits per heavy atom. The summed E-state index contributed by atoms with van der Waals surface area (Å²) < 4.78 is 5.00.